The Labute approximate surface area is 326 Å². The van der Waals surface area contributed by atoms with Crippen LogP contribution in [0.2, 0.25) is 36.3 Å². The van der Waals surface area contributed by atoms with Crippen molar-refractivity contribution in [3.05, 3.63) is 25.3 Å². The minimum atomic E-state index is -4.16. The van der Waals surface area contributed by atoms with Crippen LogP contribution in [0, 0.1) is 0 Å². The first-order valence-electron chi connectivity index (χ1n) is 17.9. The highest BCUT2D eigenvalue weighted by molar-refractivity contribution is 8.07. The number of rotatable bonds is 12. The molecule has 0 radical (unpaired) electrons. The zero-order valence-corrected chi connectivity index (χ0v) is 36.4. The fraction of sp³-hybridized carbons (Fsp3) is 0.688. The number of ether oxygens (including phenoxy) is 2. The van der Waals surface area contributed by atoms with Crippen LogP contribution in [0.3, 0.4) is 0 Å². The molecule has 19 nitrogen and oxygen atoms in total. The summed E-state index contributed by atoms with van der Waals surface area (Å²) in [6.45, 7) is 15.8. The first-order chi connectivity index (χ1) is 25.5. The third-order valence-corrected chi connectivity index (χ3v) is 21.7. The van der Waals surface area contributed by atoms with E-state index in [9.17, 15) is 15.1 Å². The van der Waals surface area contributed by atoms with E-state index in [0.29, 0.717) is 22.3 Å². The summed E-state index contributed by atoms with van der Waals surface area (Å²) in [5.41, 5.74) is 13.7. The number of nitrogen functional groups attached to an aromatic ring is 2. The van der Waals surface area contributed by atoms with Gasteiger partial charge in [0.15, 0.2) is 52.0 Å². The monoisotopic (exact) mass is 840 g/mol. The zero-order valence-electron chi connectivity index (χ0n) is 32.7. The number of aliphatic hydroxyl groups excluding tert-OH is 2. The van der Waals surface area contributed by atoms with Gasteiger partial charge in [0.2, 0.25) is 0 Å². The summed E-state index contributed by atoms with van der Waals surface area (Å²) >= 11 is 5.58. The van der Waals surface area contributed by atoms with Crippen molar-refractivity contribution in [2.45, 2.75) is 127 Å². The number of anilines is 2. The van der Waals surface area contributed by atoms with E-state index in [2.05, 4.69) is 97.6 Å². The van der Waals surface area contributed by atoms with Crippen LogP contribution in [0.1, 0.15) is 54.0 Å². The van der Waals surface area contributed by atoms with Gasteiger partial charge in [-0.05, 0) is 48.1 Å². The second-order valence-electron chi connectivity index (χ2n) is 17.0. The van der Waals surface area contributed by atoms with E-state index >= 15 is 0 Å². The van der Waals surface area contributed by atoms with E-state index < -0.39 is 79.0 Å². The minimum absolute atomic E-state index is 0.184. The molecule has 4 aromatic rings. The Balaban J connectivity index is 1.27. The summed E-state index contributed by atoms with van der Waals surface area (Å²) in [4.78, 5) is 37.2. The topological polar surface area (TPSA) is 255 Å². The molecule has 4 aromatic heterocycles. The Morgan fingerprint density at radius 2 is 1.22 bits per heavy atom. The highest BCUT2D eigenvalue weighted by atomic mass is 32.5. The SMILES string of the molecule is CC(C)(C)[Si](C)(C)OC1C(O)[C@@H](COP(O)(=S)OC2C(O[Si](C)(C)C(C)(C)C)[C@H](n3cnc4c(N)ncnc43)O[C@@H]2CO)O[C@H]1n1cnc2c(N)ncnc21. The molecule has 7 N–H and O–H groups in total. The number of nitrogens with two attached hydrogens (primary N) is 2. The van der Waals surface area contributed by atoms with E-state index in [4.69, 9.17) is 50.6 Å². The average Bonchev–Trinajstić information content (AvgIpc) is 3.84. The number of fused-ring (bicyclic) bond motifs is 2. The lowest BCUT2D eigenvalue weighted by molar-refractivity contribution is -0.0541. The molecular formula is C32H53N10O9PSSi2. The van der Waals surface area contributed by atoms with Gasteiger partial charge in [0, 0.05) is 0 Å². The Kier molecular flexibility index (Phi) is 11.5. The molecule has 6 heterocycles. The van der Waals surface area contributed by atoms with E-state index in [1.165, 1.54) is 25.3 Å². The van der Waals surface area contributed by atoms with Crippen molar-refractivity contribution in [3.8, 4) is 0 Å². The fourth-order valence-electron chi connectivity index (χ4n) is 6.04. The molecule has 6 rings (SSSR count). The molecular weight excluding hydrogens is 788 g/mol. The third kappa shape index (κ3) is 8.11. The van der Waals surface area contributed by atoms with Gasteiger partial charge in [-0.2, -0.15) is 0 Å². The van der Waals surface area contributed by atoms with E-state index in [1.54, 1.807) is 9.13 Å². The molecule has 0 bridgehead atoms. The van der Waals surface area contributed by atoms with Gasteiger partial charge in [0.05, 0.1) is 25.9 Å². The number of aliphatic hydroxyl groups is 2. The first kappa shape index (κ1) is 42.0. The van der Waals surface area contributed by atoms with Crippen LogP contribution in [-0.2, 0) is 39.2 Å². The molecule has 5 unspecified atom stereocenters. The summed E-state index contributed by atoms with van der Waals surface area (Å²) < 4.78 is 41.9. The van der Waals surface area contributed by atoms with Crippen LogP contribution in [0.15, 0.2) is 25.3 Å². The molecule has 2 aliphatic rings. The lowest BCUT2D eigenvalue weighted by atomic mass is 10.1. The van der Waals surface area contributed by atoms with Gasteiger partial charge in [-0.15, -0.1) is 0 Å². The van der Waals surface area contributed by atoms with Gasteiger partial charge >= 0.3 is 6.72 Å². The molecule has 2 aliphatic heterocycles. The van der Waals surface area contributed by atoms with Crippen LogP contribution >= 0.6 is 6.72 Å². The first-order valence-corrected chi connectivity index (χ1v) is 26.3. The average molecular weight is 841 g/mol. The standard InChI is InChI=1S/C32H53N10O9PSSi2/c1-31(2,3)54(7,8)50-23-21(44)18(48-29(23)41-15-39-19-25(33)35-13-37-27(19)41)12-46-52(45,53)49-22-17(11-43)47-30(24(22)51-55(9,10)32(4,5)6)42-16-40-20-26(34)36-14-38-28(20)42/h13-18,21-24,29-30,43-44H,11-12H2,1-10H3,(H,45,53)(H2,33,35,37)(H2,34,36,38)/t17-,18-,21?,22?,23?,24?,29-,30-,52?/m1/s1. The molecule has 0 saturated carbocycles. The molecule has 0 spiro atoms. The molecule has 0 aromatic carbocycles. The molecule has 9 atom stereocenters. The van der Waals surface area contributed by atoms with Gasteiger partial charge in [-0.3, -0.25) is 13.7 Å². The number of nitrogens with zero attached hydrogens (tertiary/aromatic N) is 8. The van der Waals surface area contributed by atoms with Gasteiger partial charge < -0.3 is 49.4 Å². The largest absolute Gasteiger partial charge is 0.407 e. The number of hydrogen-bond donors (Lipinski definition) is 5. The maximum Gasteiger partial charge on any atom is 0.325 e. The zero-order chi connectivity index (χ0) is 40.5. The predicted molar refractivity (Wildman–Crippen MR) is 212 cm³/mol. The molecule has 2 fully saturated rings. The summed E-state index contributed by atoms with van der Waals surface area (Å²) in [5.74, 6) is 0.374. The minimum Gasteiger partial charge on any atom is -0.407 e. The highest BCUT2D eigenvalue weighted by Crippen LogP contribution is 2.52. The molecule has 2 saturated heterocycles. The van der Waals surface area contributed by atoms with Crippen LogP contribution in [0.5, 0.6) is 0 Å². The van der Waals surface area contributed by atoms with Crippen LogP contribution < -0.4 is 11.5 Å². The molecule has 23 heteroatoms. The van der Waals surface area contributed by atoms with Crippen LogP contribution in [0.4, 0.5) is 11.6 Å². The van der Waals surface area contributed by atoms with Crippen molar-refractivity contribution in [1.82, 2.24) is 39.0 Å². The lowest BCUT2D eigenvalue weighted by Gasteiger charge is -2.41. The molecule has 304 valence electrons. The quantitative estimate of drug-likeness (QED) is 0.101. The Bertz CT molecular complexity index is 2060. The fourth-order valence-corrected chi connectivity index (χ4v) is 10.1. The smallest absolute Gasteiger partial charge is 0.325 e. The Hall–Kier alpha value is -2.58. The maximum absolute atomic E-state index is 11.8. The lowest BCUT2D eigenvalue weighted by Crippen LogP contribution is -2.49. The number of imidazole rings is 2. The number of aromatic nitrogens is 8. The summed E-state index contributed by atoms with van der Waals surface area (Å²) in [7, 11) is -5.06. The van der Waals surface area contributed by atoms with Gasteiger partial charge in [-0.1, -0.05) is 41.5 Å². The Morgan fingerprint density at radius 3 is 1.69 bits per heavy atom. The van der Waals surface area contributed by atoms with Crippen molar-refractivity contribution in [2.24, 2.45) is 0 Å². The third-order valence-electron chi connectivity index (χ3n) is 11.2. The van der Waals surface area contributed by atoms with Crippen molar-refractivity contribution in [1.29, 1.82) is 0 Å². The predicted octanol–water partition coefficient (Wildman–Crippen LogP) is 3.38. The highest BCUT2D eigenvalue weighted by Gasteiger charge is 2.54. The molecule has 55 heavy (non-hydrogen) atoms. The van der Waals surface area contributed by atoms with E-state index in [0.717, 1.165) is 0 Å². The van der Waals surface area contributed by atoms with E-state index in [1.807, 2.05) is 0 Å². The normalized spacial score (nSPS) is 28.0. The van der Waals surface area contributed by atoms with Crippen molar-refractivity contribution in [3.63, 3.8) is 0 Å². The van der Waals surface area contributed by atoms with Gasteiger partial charge in [-0.25, -0.2) is 29.9 Å². The number of hydrogen-bond acceptors (Lipinski definition) is 17. The molecule has 0 amide bonds. The second-order valence-corrected chi connectivity index (χ2v) is 29.3. The van der Waals surface area contributed by atoms with Crippen molar-refractivity contribution in [2.75, 3.05) is 24.7 Å². The van der Waals surface area contributed by atoms with Gasteiger partial charge in [0.1, 0.15) is 60.3 Å². The van der Waals surface area contributed by atoms with Crippen LogP contribution in [-0.4, -0.2) is 121 Å². The maximum atomic E-state index is 11.8. The summed E-state index contributed by atoms with van der Waals surface area (Å²) in [6.07, 6.45) is -2.31. The van der Waals surface area contributed by atoms with Crippen molar-refractivity contribution >= 4 is 69.1 Å². The molecule has 0 aliphatic carbocycles. The van der Waals surface area contributed by atoms with Crippen LogP contribution in [0.25, 0.3) is 22.3 Å². The Morgan fingerprint density at radius 1 is 0.764 bits per heavy atom. The summed E-state index contributed by atoms with van der Waals surface area (Å²) in [5, 5.41) is 21.9. The van der Waals surface area contributed by atoms with Crippen molar-refractivity contribution < 1.29 is 42.5 Å². The van der Waals surface area contributed by atoms with Gasteiger partial charge in [0.25, 0.3) is 0 Å². The van der Waals surface area contributed by atoms with E-state index in [-0.39, 0.29) is 28.3 Å². The summed E-state index contributed by atoms with van der Waals surface area (Å²) in [6, 6.07) is 0. The second kappa shape index (κ2) is 15.0.